The van der Waals surface area contributed by atoms with Gasteiger partial charge < -0.3 is 10.2 Å². The van der Waals surface area contributed by atoms with Crippen molar-refractivity contribution < 1.29 is 28.2 Å². The van der Waals surface area contributed by atoms with E-state index in [1.54, 1.807) is 0 Å². The molecule has 20 heavy (non-hydrogen) atoms. The van der Waals surface area contributed by atoms with Gasteiger partial charge in [0.1, 0.15) is 5.75 Å². The van der Waals surface area contributed by atoms with Crippen molar-refractivity contribution in [2.24, 2.45) is 5.10 Å². The first kappa shape index (κ1) is 14.3. The monoisotopic (exact) mass is 288 g/mol. The van der Waals surface area contributed by atoms with Crippen LogP contribution in [0.3, 0.4) is 0 Å². The van der Waals surface area contributed by atoms with Crippen molar-refractivity contribution in [1.82, 2.24) is 5.01 Å². The van der Waals surface area contributed by atoms with E-state index in [1.165, 1.54) is 6.92 Å². The third-order valence-electron chi connectivity index (χ3n) is 2.88. The minimum atomic E-state index is -5.03. The van der Waals surface area contributed by atoms with Crippen molar-refractivity contribution in [2.45, 2.75) is 25.2 Å². The van der Waals surface area contributed by atoms with E-state index in [0.717, 1.165) is 24.3 Å². The molecular formula is C12H11F3N2O3. The van der Waals surface area contributed by atoms with Gasteiger partial charge in [0.15, 0.2) is 0 Å². The molecule has 0 saturated carbocycles. The Morgan fingerprint density at radius 1 is 1.35 bits per heavy atom. The molecule has 0 saturated heterocycles. The van der Waals surface area contributed by atoms with E-state index in [9.17, 15) is 23.1 Å². The van der Waals surface area contributed by atoms with Gasteiger partial charge in [-0.1, -0.05) is 0 Å². The van der Waals surface area contributed by atoms with Crippen LogP contribution in [0.2, 0.25) is 0 Å². The predicted octanol–water partition coefficient (Wildman–Crippen LogP) is 1.86. The number of halogens is 3. The number of phenolic OH excluding ortho intramolecular Hbond substituents is 1. The highest BCUT2D eigenvalue weighted by Gasteiger charge is 2.62. The SMILES string of the molecule is CC1=NN(C(=O)c2ccc(O)cc2)C(O)(C(F)(F)F)C1. The highest BCUT2D eigenvalue weighted by molar-refractivity contribution is 5.97. The summed E-state index contributed by atoms with van der Waals surface area (Å²) < 4.78 is 38.9. The summed E-state index contributed by atoms with van der Waals surface area (Å²) in [4.78, 5) is 12.0. The Kier molecular flexibility index (Phi) is 3.21. The van der Waals surface area contributed by atoms with Gasteiger partial charge in [-0.3, -0.25) is 4.79 Å². The maximum atomic E-state index is 13.0. The summed E-state index contributed by atoms with van der Waals surface area (Å²) in [5.74, 6) is -1.23. The molecule has 1 aromatic carbocycles. The Balaban J connectivity index is 2.39. The van der Waals surface area contributed by atoms with Crippen molar-refractivity contribution in [1.29, 1.82) is 0 Å². The fourth-order valence-corrected chi connectivity index (χ4v) is 1.88. The maximum absolute atomic E-state index is 13.0. The van der Waals surface area contributed by atoms with E-state index in [-0.39, 0.29) is 22.0 Å². The summed E-state index contributed by atoms with van der Waals surface area (Å²) in [6, 6.07) is 4.62. The first-order valence-electron chi connectivity index (χ1n) is 5.62. The van der Waals surface area contributed by atoms with Crippen molar-refractivity contribution in [3.05, 3.63) is 29.8 Å². The summed E-state index contributed by atoms with van der Waals surface area (Å²) in [6.07, 6.45) is -5.82. The number of benzene rings is 1. The van der Waals surface area contributed by atoms with Crippen LogP contribution in [0.1, 0.15) is 23.7 Å². The van der Waals surface area contributed by atoms with Gasteiger partial charge in [-0.2, -0.15) is 23.3 Å². The van der Waals surface area contributed by atoms with Gasteiger partial charge in [-0.15, -0.1) is 0 Å². The number of phenols is 1. The Hall–Kier alpha value is -2.09. The van der Waals surface area contributed by atoms with Crippen LogP contribution in [-0.2, 0) is 0 Å². The molecule has 1 aromatic rings. The summed E-state index contributed by atoms with van der Waals surface area (Å²) in [7, 11) is 0. The van der Waals surface area contributed by atoms with E-state index >= 15 is 0 Å². The number of aromatic hydroxyl groups is 1. The van der Waals surface area contributed by atoms with Crippen LogP contribution >= 0.6 is 0 Å². The summed E-state index contributed by atoms with van der Waals surface area (Å²) in [5, 5.41) is 22.4. The standard InChI is InChI=1S/C12H11F3N2O3/c1-7-6-11(20,12(13,14)15)17(16-7)10(19)8-2-4-9(18)5-3-8/h2-5,18,20H,6H2,1H3. The molecule has 2 rings (SSSR count). The average molecular weight is 288 g/mol. The lowest BCUT2D eigenvalue weighted by molar-refractivity contribution is -0.297. The van der Waals surface area contributed by atoms with Crippen molar-refractivity contribution in [2.75, 3.05) is 0 Å². The van der Waals surface area contributed by atoms with Gasteiger partial charge >= 0.3 is 6.18 Å². The van der Waals surface area contributed by atoms with E-state index in [0.29, 0.717) is 0 Å². The fraction of sp³-hybridized carbons (Fsp3) is 0.333. The summed E-state index contributed by atoms with van der Waals surface area (Å²) in [5.41, 5.74) is -3.47. The number of carbonyl (C=O) groups excluding carboxylic acids is 1. The fourth-order valence-electron chi connectivity index (χ4n) is 1.88. The van der Waals surface area contributed by atoms with Crippen molar-refractivity contribution >= 4 is 11.6 Å². The molecule has 0 aromatic heterocycles. The molecule has 1 aliphatic heterocycles. The largest absolute Gasteiger partial charge is 0.508 e. The molecule has 1 amide bonds. The molecule has 1 atom stereocenters. The van der Waals surface area contributed by atoms with Crippen LogP contribution in [0.5, 0.6) is 5.75 Å². The van der Waals surface area contributed by atoms with Gasteiger partial charge in [-0.25, -0.2) is 0 Å². The van der Waals surface area contributed by atoms with E-state index < -0.39 is 24.2 Å². The van der Waals surface area contributed by atoms with Crippen LogP contribution in [0.15, 0.2) is 29.4 Å². The molecule has 0 aliphatic carbocycles. The van der Waals surface area contributed by atoms with Gasteiger partial charge in [0.2, 0.25) is 0 Å². The number of carbonyl (C=O) groups is 1. The Bertz CT molecular complexity index is 568. The highest BCUT2D eigenvalue weighted by Crippen LogP contribution is 2.40. The minimum absolute atomic E-state index is 0.00282. The number of alkyl halides is 3. The number of hydrogen-bond acceptors (Lipinski definition) is 4. The predicted molar refractivity (Wildman–Crippen MR) is 63.0 cm³/mol. The zero-order chi connectivity index (χ0) is 15.1. The first-order valence-corrected chi connectivity index (χ1v) is 5.62. The second-order valence-corrected chi connectivity index (χ2v) is 4.49. The molecule has 0 fully saturated rings. The Morgan fingerprint density at radius 2 is 1.90 bits per heavy atom. The molecule has 8 heteroatoms. The summed E-state index contributed by atoms with van der Waals surface area (Å²) in [6.45, 7) is 1.29. The van der Waals surface area contributed by atoms with Gasteiger partial charge in [0, 0.05) is 17.7 Å². The molecule has 0 bridgehead atoms. The molecule has 1 aliphatic rings. The molecule has 5 nitrogen and oxygen atoms in total. The van der Waals surface area contributed by atoms with Gasteiger partial charge in [-0.05, 0) is 31.2 Å². The molecular weight excluding hydrogens is 277 g/mol. The molecule has 1 heterocycles. The molecule has 2 N–H and O–H groups in total. The molecule has 0 radical (unpaired) electrons. The lowest BCUT2D eigenvalue weighted by Gasteiger charge is -2.32. The van der Waals surface area contributed by atoms with Crippen LogP contribution in [0.4, 0.5) is 13.2 Å². The second-order valence-electron chi connectivity index (χ2n) is 4.49. The third kappa shape index (κ3) is 2.22. The van der Waals surface area contributed by atoms with Crippen molar-refractivity contribution in [3.63, 3.8) is 0 Å². The van der Waals surface area contributed by atoms with Crippen LogP contribution in [-0.4, -0.2) is 38.7 Å². The normalized spacial score (nSPS) is 22.9. The quantitative estimate of drug-likeness (QED) is 0.828. The zero-order valence-corrected chi connectivity index (χ0v) is 10.3. The van der Waals surface area contributed by atoms with Crippen LogP contribution < -0.4 is 0 Å². The molecule has 0 spiro atoms. The number of rotatable bonds is 1. The van der Waals surface area contributed by atoms with Crippen LogP contribution in [0, 0.1) is 0 Å². The highest BCUT2D eigenvalue weighted by atomic mass is 19.4. The average Bonchev–Trinajstić information content (AvgIpc) is 2.65. The zero-order valence-electron chi connectivity index (χ0n) is 10.3. The maximum Gasteiger partial charge on any atom is 0.438 e. The van der Waals surface area contributed by atoms with Gasteiger partial charge in [0.25, 0.3) is 11.6 Å². The summed E-state index contributed by atoms with van der Waals surface area (Å²) >= 11 is 0. The Labute approximate surface area is 111 Å². The van der Waals surface area contributed by atoms with E-state index in [4.69, 9.17) is 5.11 Å². The third-order valence-corrected chi connectivity index (χ3v) is 2.88. The second kappa shape index (κ2) is 4.48. The minimum Gasteiger partial charge on any atom is -0.508 e. The number of nitrogens with zero attached hydrogens (tertiary/aromatic N) is 2. The smallest absolute Gasteiger partial charge is 0.438 e. The Morgan fingerprint density at radius 3 is 2.40 bits per heavy atom. The first-order chi connectivity index (χ1) is 9.15. The van der Waals surface area contributed by atoms with Crippen molar-refractivity contribution in [3.8, 4) is 5.75 Å². The lowest BCUT2D eigenvalue weighted by Crippen LogP contribution is -2.56. The van der Waals surface area contributed by atoms with Gasteiger partial charge in [0.05, 0.1) is 0 Å². The number of hydrogen-bond donors (Lipinski definition) is 2. The van der Waals surface area contributed by atoms with Crippen LogP contribution in [0.25, 0.3) is 0 Å². The number of amides is 1. The molecule has 108 valence electrons. The molecule has 1 unspecified atom stereocenters. The topological polar surface area (TPSA) is 73.1 Å². The van der Waals surface area contributed by atoms with E-state index in [1.807, 2.05) is 0 Å². The lowest BCUT2D eigenvalue weighted by atomic mass is 10.1. The van der Waals surface area contributed by atoms with E-state index in [2.05, 4.69) is 5.10 Å². The number of aliphatic hydroxyl groups is 1. The number of hydrazone groups is 1.